The van der Waals surface area contributed by atoms with Crippen molar-refractivity contribution in [3.05, 3.63) is 41.2 Å². The molecule has 2 aromatic rings. The van der Waals surface area contributed by atoms with E-state index in [0.29, 0.717) is 0 Å². The maximum absolute atomic E-state index is 11.5. The van der Waals surface area contributed by atoms with E-state index in [1.807, 2.05) is 12.1 Å². The second-order valence-corrected chi connectivity index (χ2v) is 8.92. The fourth-order valence-electron chi connectivity index (χ4n) is 3.80. The van der Waals surface area contributed by atoms with Crippen LogP contribution < -0.4 is 5.14 Å². The second-order valence-electron chi connectivity index (χ2n) is 7.36. The van der Waals surface area contributed by atoms with E-state index in [1.54, 1.807) is 12.1 Å². The SMILES string of the molecule is Cc1c(C(C)(C)C)c(-c2ccc(S(N)(=O)=O)cc2)c2n1CCC2. The number of nitrogens with two attached hydrogens (primary N) is 1. The van der Waals surface area contributed by atoms with E-state index in [2.05, 4.69) is 32.3 Å². The van der Waals surface area contributed by atoms with Gasteiger partial charge in [-0.3, -0.25) is 0 Å². The highest BCUT2D eigenvalue weighted by Crippen LogP contribution is 2.42. The van der Waals surface area contributed by atoms with Gasteiger partial charge < -0.3 is 4.57 Å². The molecule has 23 heavy (non-hydrogen) atoms. The minimum atomic E-state index is -3.65. The predicted octanol–water partition coefficient (Wildman–Crippen LogP) is 3.35. The lowest BCUT2D eigenvalue weighted by atomic mass is 9.81. The summed E-state index contributed by atoms with van der Waals surface area (Å²) in [5, 5.41) is 5.21. The molecule has 0 fully saturated rings. The standard InChI is InChI=1S/C18H24N2O2S/c1-12-17(18(2,3)4)16(15-6-5-11-20(12)15)13-7-9-14(10-8-13)23(19,21)22/h7-10H,5-6,11H2,1-4H3,(H2,19,21,22). The summed E-state index contributed by atoms with van der Waals surface area (Å²) >= 11 is 0. The third kappa shape index (κ3) is 2.72. The van der Waals surface area contributed by atoms with Gasteiger partial charge in [-0.25, -0.2) is 13.6 Å². The summed E-state index contributed by atoms with van der Waals surface area (Å²) in [4.78, 5) is 0.158. The fraction of sp³-hybridized carbons (Fsp3) is 0.444. The van der Waals surface area contributed by atoms with Gasteiger partial charge in [0, 0.05) is 23.5 Å². The average molecular weight is 332 g/mol. The number of benzene rings is 1. The summed E-state index contributed by atoms with van der Waals surface area (Å²) in [5.41, 5.74) is 6.44. The summed E-state index contributed by atoms with van der Waals surface area (Å²) < 4.78 is 25.4. The van der Waals surface area contributed by atoms with Crippen molar-refractivity contribution in [3.63, 3.8) is 0 Å². The van der Waals surface area contributed by atoms with Crippen LogP contribution in [-0.4, -0.2) is 13.0 Å². The molecule has 0 saturated carbocycles. The van der Waals surface area contributed by atoms with Gasteiger partial charge in [-0.1, -0.05) is 32.9 Å². The van der Waals surface area contributed by atoms with Crippen LogP contribution in [0.3, 0.4) is 0 Å². The number of hydrogen-bond donors (Lipinski definition) is 1. The Morgan fingerprint density at radius 2 is 1.74 bits per heavy atom. The number of sulfonamides is 1. The van der Waals surface area contributed by atoms with Crippen LogP contribution >= 0.6 is 0 Å². The molecule has 0 bridgehead atoms. The van der Waals surface area contributed by atoms with E-state index < -0.39 is 10.0 Å². The van der Waals surface area contributed by atoms with Crippen LogP contribution in [0.1, 0.15) is 44.1 Å². The predicted molar refractivity (Wildman–Crippen MR) is 93.0 cm³/mol. The molecule has 4 nitrogen and oxygen atoms in total. The molecule has 0 unspecified atom stereocenters. The molecule has 0 spiro atoms. The van der Waals surface area contributed by atoms with Crippen molar-refractivity contribution in [2.24, 2.45) is 5.14 Å². The first-order chi connectivity index (χ1) is 10.6. The average Bonchev–Trinajstić information content (AvgIpc) is 2.99. The number of hydrogen-bond acceptors (Lipinski definition) is 2. The van der Waals surface area contributed by atoms with Crippen LogP contribution in [0.2, 0.25) is 0 Å². The van der Waals surface area contributed by atoms with E-state index in [-0.39, 0.29) is 10.3 Å². The zero-order valence-corrected chi connectivity index (χ0v) is 15.0. The van der Waals surface area contributed by atoms with Crippen molar-refractivity contribution in [3.8, 4) is 11.1 Å². The number of nitrogens with zero attached hydrogens (tertiary/aromatic N) is 1. The molecule has 1 aromatic carbocycles. The van der Waals surface area contributed by atoms with Gasteiger partial charge in [-0.2, -0.15) is 0 Å². The van der Waals surface area contributed by atoms with Crippen LogP contribution in [0.5, 0.6) is 0 Å². The van der Waals surface area contributed by atoms with Crippen LogP contribution in [-0.2, 0) is 28.4 Å². The zero-order chi connectivity index (χ0) is 17.0. The van der Waals surface area contributed by atoms with Gasteiger partial charge >= 0.3 is 0 Å². The van der Waals surface area contributed by atoms with Crippen molar-refractivity contribution >= 4 is 10.0 Å². The lowest BCUT2D eigenvalue weighted by molar-refractivity contribution is 0.579. The molecular formula is C18H24N2O2S. The Morgan fingerprint density at radius 1 is 1.13 bits per heavy atom. The molecule has 0 atom stereocenters. The van der Waals surface area contributed by atoms with Crippen molar-refractivity contribution in [1.29, 1.82) is 0 Å². The maximum atomic E-state index is 11.5. The lowest BCUT2D eigenvalue weighted by Gasteiger charge is -2.22. The Kier molecular flexibility index (Phi) is 3.69. The van der Waals surface area contributed by atoms with E-state index >= 15 is 0 Å². The largest absolute Gasteiger partial charge is 0.348 e. The van der Waals surface area contributed by atoms with Gasteiger partial charge in [0.25, 0.3) is 0 Å². The Bertz CT molecular complexity index is 854. The molecule has 3 rings (SSSR count). The Hall–Kier alpha value is -1.59. The van der Waals surface area contributed by atoms with E-state index in [1.165, 1.54) is 28.9 Å². The van der Waals surface area contributed by atoms with Crippen LogP contribution in [0.15, 0.2) is 29.2 Å². The lowest BCUT2D eigenvalue weighted by Crippen LogP contribution is -2.14. The summed E-state index contributed by atoms with van der Waals surface area (Å²) in [6, 6.07) is 6.96. The normalized spacial score (nSPS) is 15.0. The number of fused-ring (bicyclic) bond motifs is 1. The van der Waals surface area contributed by atoms with Gasteiger partial charge in [-0.05, 0) is 48.4 Å². The Morgan fingerprint density at radius 3 is 2.26 bits per heavy atom. The third-order valence-electron chi connectivity index (χ3n) is 4.65. The van der Waals surface area contributed by atoms with E-state index in [9.17, 15) is 8.42 Å². The van der Waals surface area contributed by atoms with Crippen molar-refractivity contribution in [1.82, 2.24) is 4.57 Å². The van der Waals surface area contributed by atoms with Gasteiger partial charge in [0.05, 0.1) is 4.90 Å². The molecule has 2 N–H and O–H groups in total. The molecule has 1 aliphatic heterocycles. The molecule has 0 radical (unpaired) electrons. The van der Waals surface area contributed by atoms with E-state index in [4.69, 9.17) is 5.14 Å². The van der Waals surface area contributed by atoms with E-state index in [0.717, 1.165) is 18.5 Å². The smallest absolute Gasteiger partial charge is 0.238 e. The first-order valence-electron chi connectivity index (χ1n) is 7.96. The topological polar surface area (TPSA) is 65.1 Å². The fourth-order valence-corrected chi connectivity index (χ4v) is 4.32. The van der Waals surface area contributed by atoms with Crippen LogP contribution in [0.4, 0.5) is 0 Å². The monoisotopic (exact) mass is 332 g/mol. The molecule has 0 amide bonds. The molecule has 5 heteroatoms. The third-order valence-corrected chi connectivity index (χ3v) is 5.58. The molecule has 2 heterocycles. The zero-order valence-electron chi connectivity index (χ0n) is 14.2. The quantitative estimate of drug-likeness (QED) is 0.916. The number of rotatable bonds is 2. The van der Waals surface area contributed by atoms with Gasteiger partial charge in [0.1, 0.15) is 0 Å². The molecule has 1 aliphatic rings. The van der Waals surface area contributed by atoms with Crippen LogP contribution in [0, 0.1) is 6.92 Å². The van der Waals surface area contributed by atoms with Gasteiger partial charge in [-0.15, -0.1) is 0 Å². The molecule has 1 aromatic heterocycles. The number of primary sulfonamides is 1. The Balaban J connectivity index is 2.22. The highest BCUT2D eigenvalue weighted by Gasteiger charge is 2.30. The second kappa shape index (κ2) is 5.21. The van der Waals surface area contributed by atoms with Crippen molar-refractivity contribution < 1.29 is 8.42 Å². The molecule has 124 valence electrons. The highest BCUT2D eigenvalue weighted by atomic mass is 32.2. The summed E-state index contributed by atoms with van der Waals surface area (Å²) in [6.07, 6.45) is 2.24. The van der Waals surface area contributed by atoms with Gasteiger partial charge in [0.2, 0.25) is 10.0 Å². The summed E-state index contributed by atoms with van der Waals surface area (Å²) in [7, 11) is -3.65. The first-order valence-corrected chi connectivity index (χ1v) is 9.51. The van der Waals surface area contributed by atoms with Crippen molar-refractivity contribution in [2.45, 2.75) is 57.4 Å². The molecular weight excluding hydrogens is 308 g/mol. The number of aromatic nitrogens is 1. The maximum Gasteiger partial charge on any atom is 0.238 e. The Labute approximate surface area is 138 Å². The minimum Gasteiger partial charge on any atom is -0.348 e. The summed E-state index contributed by atoms with van der Waals surface area (Å²) in [6.45, 7) is 9.95. The van der Waals surface area contributed by atoms with Crippen molar-refractivity contribution in [2.75, 3.05) is 0 Å². The first kappa shape index (κ1) is 16.3. The highest BCUT2D eigenvalue weighted by molar-refractivity contribution is 7.89. The molecule has 0 saturated heterocycles. The van der Waals surface area contributed by atoms with Gasteiger partial charge in [0.15, 0.2) is 0 Å². The van der Waals surface area contributed by atoms with Crippen LogP contribution in [0.25, 0.3) is 11.1 Å². The summed E-state index contributed by atoms with van der Waals surface area (Å²) in [5.74, 6) is 0. The molecule has 0 aliphatic carbocycles. The minimum absolute atomic E-state index is 0.0371.